The zero-order valence-corrected chi connectivity index (χ0v) is 12.5. The van der Waals surface area contributed by atoms with Crippen molar-refractivity contribution in [3.8, 4) is 0 Å². The van der Waals surface area contributed by atoms with Gasteiger partial charge in [-0.05, 0) is 18.8 Å². The number of aliphatic carboxylic acids is 1. The number of carbonyl (C=O) groups excluding carboxylic acids is 2. The fraction of sp³-hybridized carbons (Fsp3) is 0.786. The molecule has 0 aliphatic rings. The van der Waals surface area contributed by atoms with Crippen LogP contribution in [0.15, 0.2) is 0 Å². The van der Waals surface area contributed by atoms with Crippen LogP contribution in [0.5, 0.6) is 0 Å². The number of amides is 1. The zero-order chi connectivity index (χ0) is 15.5. The van der Waals surface area contributed by atoms with E-state index in [1.165, 1.54) is 0 Å². The van der Waals surface area contributed by atoms with E-state index in [0.29, 0.717) is 6.61 Å². The van der Waals surface area contributed by atoms with Crippen molar-refractivity contribution >= 4 is 17.8 Å². The van der Waals surface area contributed by atoms with Gasteiger partial charge in [0.1, 0.15) is 6.04 Å². The summed E-state index contributed by atoms with van der Waals surface area (Å²) in [5.41, 5.74) is 0. The lowest BCUT2D eigenvalue weighted by Gasteiger charge is -2.20. The lowest BCUT2D eigenvalue weighted by Crippen LogP contribution is -2.45. The van der Waals surface area contributed by atoms with Crippen LogP contribution >= 0.6 is 0 Å². The van der Waals surface area contributed by atoms with E-state index in [2.05, 4.69) is 5.32 Å². The van der Waals surface area contributed by atoms with E-state index in [4.69, 9.17) is 9.84 Å². The second kappa shape index (κ2) is 10.2. The quantitative estimate of drug-likeness (QED) is 0.471. The maximum absolute atomic E-state index is 11.8. The maximum atomic E-state index is 11.8. The number of hydrogen-bond acceptors (Lipinski definition) is 4. The van der Waals surface area contributed by atoms with E-state index < -0.39 is 18.0 Å². The molecule has 0 rings (SSSR count). The van der Waals surface area contributed by atoms with Crippen LogP contribution in [0.1, 0.15) is 52.9 Å². The molecule has 0 aromatic heterocycles. The molecule has 0 bridgehead atoms. The lowest BCUT2D eigenvalue weighted by atomic mass is 10.0. The first-order valence-electron chi connectivity index (χ1n) is 7.06. The third-order valence-corrected chi connectivity index (χ3v) is 2.77. The molecular weight excluding hydrogens is 262 g/mol. The number of hydrogen-bond donors (Lipinski definition) is 2. The van der Waals surface area contributed by atoms with Crippen LogP contribution < -0.4 is 5.32 Å². The number of nitrogens with one attached hydrogen (secondary N) is 1. The summed E-state index contributed by atoms with van der Waals surface area (Å²) in [6.45, 7) is 6.00. The van der Waals surface area contributed by atoms with Crippen LogP contribution in [0.25, 0.3) is 0 Å². The average Bonchev–Trinajstić information content (AvgIpc) is 2.35. The standard InChI is InChI=1S/C14H25NO5/c1-4-5-9-20-14(19)13(10(2)3)15-11(16)7-6-8-12(17)18/h10,13H,4-9H2,1-3H3,(H,15,16)(H,17,18)/t13-/m0/s1. The van der Waals surface area contributed by atoms with E-state index in [0.717, 1.165) is 12.8 Å². The molecule has 1 atom stereocenters. The summed E-state index contributed by atoms with van der Waals surface area (Å²) in [5.74, 6) is -1.76. The van der Waals surface area contributed by atoms with Crippen LogP contribution in [0.4, 0.5) is 0 Å². The summed E-state index contributed by atoms with van der Waals surface area (Å²) in [7, 11) is 0. The largest absolute Gasteiger partial charge is 0.481 e. The van der Waals surface area contributed by atoms with Crippen LogP contribution in [0.3, 0.4) is 0 Å². The van der Waals surface area contributed by atoms with Gasteiger partial charge in [-0.1, -0.05) is 27.2 Å². The Morgan fingerprint density at radius 1 is 1.15 bits per heavy atom. The molecule has 0 radical (unpaired) electrons. The van der Waals surface area contributed by atoms with Crippen LogP contribution in [-0.4, -0.2) is 35.6 Å². The van der Waals surface area contributed by atoms with Gasteiger partial charge in [0.25, 0.3) is 0 Å². The Morgan fingerprint density at radius 2 is 1.80 bits per heavy atom. The third-order valence-electron chi connectivity index (χ3n) is 2.77. The first-order chi connectivity index (χ1) is 9.38. The molecule has 0 heterocycles. The second-order valence-corrected chi connectivity index (χ2v) is 5.06. The van der Waals surface area contributed by atoms with Gasteiger partial charge in [-0.3, -0.25) is 9.59 Å². The molecular formula is C14H25NO5. The Bertz CT molecular complexity index is 328. The molecule has 0 saturated heterocycles. The van der Waals surface area contributed by atoms with Crippen LogP contribution in [0.2, 0.25) is 0 Å². The van der Waals surface area contributed by atoms with Gasteiger partial charge in [-0.2, -0.15) is 0 Å². The number of carbonyl (C=O) groups is 3. The van der Waals surface area contributed by atoms with Crippen molar-refractivity contribution in [1.82, 2.24) is 5.32 Å². The van der Waals surface area contributed by atoms with E-state index in [-0.39, 0.29) is 31.1 Å². The molecule has 0 aliphatic carbocycles. The number of carboxylic acid groups (broad SMARTS) is 1. The Labute approximate surface area is 119 Å². The van der Waals surface area contributed by atoms with Gasteiger partial charge in [0.2, 0.25) is 5.91 Å². The minimum Gasteiger partial charge on any atom is -0.481 e. The third kappa shape index (κ3) is 8.50. The first-order valence-corrected chi connectivity index (χ1v) is 7.06. The highest BCUT2D eigenvalue weighted by atomic mass is 16.5. The highest BCUT2D eigenvalue weighted by Crippen LogP contribution is 2.06. The van der Waals surface area contributed by atoms with E-state index in [9.17, 15) is 14.4 Å². The fourth-order valence-electron chi connectivity index (χ4n) is 1.55. The summed E-state index contributed by atoms with van der Waals surface area (Å²) >= 11 is 0. The SMILES string of the molecule is CCCCOC(=O)[C@@H](NC(=O)CCCC(=O)O)C(C)C. The highest BCUT2D eigenvalue weighted by Gasteiger charge is 2.25. The molecule has 0 aromatic carbocycles. The Morgan fingerprint density at radius 3 is 2.30 bits per heavy atom. The topological polar surface area (TPSA) is 92.7 Å². The number of ether oxygens (including phenoxy) is 1. The zero-order valence-electron chi connectivity index (χ0n) is 12.5. The molecule has 20 heavy (non-hydrogen) atoms. The second-order valence-electron chi connectivity index (χ2n) is 5.06. The number of rotatable bonds is 10. The first kappa shape index (κ1) is 18.4. The van der Waals surface area contributed by atoms with Gasteiger partial charge >= 0.3 is 11.9 Å². The molecule has 6 heteroatoms. The molecule has 0 unspecified atom stereocenters. The van der Waals surface area contributed by atoms with Gasteiger partial charge in [0.05, 0.1) is 6.61 Å². The monoisotopic (exact) mass is 287 g/mol. The molecule has 116 valence electrons. The van der Waals surface area contributed by atoms with Crippen LogP contribution in [-0.2, 0) is 19.1 Å². The predicted molar refractivity (Wildman–Crippen MR) is 74.1 cm³/mol. The summed E-state index contributed by atoms with van der Waals surface area (Å²) in [4.78, 5) is 33.9. The molecule has 0 spiro atoms. The van der Waals surface area contributed by atoms with E-state index in [1.807, 2.05) is 20.8 Å². The van der Waals surface area contributed by atoms with Crippen LogP contribution in [0, 0.1) is 5.92 Å². The number of esters is 1. The van der Waals surface area contributed by atoms with E-state index in [1.54, 1.807) is 0 Å². The Hall–Kier alpha value is -1.59. The minimum absolute atomic E-state index is 0.0548. The van der Waals surface area contributed by atoms with Gasteiger partial charge in [0.15, 0.2) is 0 Å². The van der Waals surface area contributed by atoms with Crippen molar-refractivity contribution in [2.75, 3.05) is 6.61 Å². The molecule has 0 aromatic rings. The number of unbranched alkanes of at least 4 members (excludes halogenated alkanes) is 1. The number of carboxylic acids is 1. The van der Waals surface area contributed by atoms with Crippen molar-refractivity contribution in [2.24, 2.45) is 5.92 Å². The minimum atomic E-state index is -0.933. The van der Waals surface area contributed by atoms with Crippen molar-refractivity contribution in [3.63, 3.8) is 0 Å². The normalized spacial score (nSPS) is 12.0. The smallest absolute Gasteiger partial charge is 0.328 e. The summed E-state index contributed by atoms with van der Waals surface area (Å²) < 4.78 is 5.10. The Kier molecular flexibility index (Phi) is 9.41. The molecule has 0 saturated carbocycles. The van der Waals surface area contributed by atoms with Crippen molar-refractivity contribution < 1.29 is 24.2 Å². The fourth-order valence-corrected chi connectivity index (χ4v) is 1.55. The van der Waals surface area contributed by atoms with Gasteiger partial charge in [-0.15, -0.1) is 0 Å². The maximum Gasteiger partial charge on any atom is 0.328 e. The van der Waals surface area contributed by atoms with Crippen molar-refractivity contribution in [1.29, 1.82) is 0 Å². The predicted octanol–water partition coefficient (Wildman–Crippen LogP) is 1.73. The summed E-state index contributed by atoms with van der Waals surface area (Å²) in [6.07, 6.45) is 2.03. The summed E-state index contributed by atoms with van der Waals surface area (Å²) in [6, 6.07) is -0.677. The average molecular weight is 287 g/mol. The highest BCUT2D eigenvalue weighted by molar-refractivity contribution is 5.84. The molecule has 0 aliphatic heterocycles. The Balaban J connectivity index is 4.21. The summed E-state index contributed by atoms with van der Waals surface area (Å²) in [5, 5.41) is 11.1. The molecule has 2 N–H and O–H groups in total. The van der Waals surface area contributed by atoms with E-state index >= 15 is 0 Å². The molecule has 0 fully saturated rings. The van der Waals surface area contributed by atoms with Gasteiger partial charge in [-0.25, -0.2) is 4.79 Å². The van der Waals surface area contributed by atoms with Crippen molar-refractivity contribution in [3.05, 3.63) is 0 Å². The molecule has 1 amide bonds. The lowest BCUT2D eigenvalue weighted by molar-refractivity contribution is -0.149. The molecule has 6 nitrogen and oxygen atoms in total. The van der Waals surface area contributed by atoms with Gasteiger partial charge in [0, 0.05) is 12.8 Å². The van der Waals surface area contributed by atoms with Gasteiger partial charge < -0.3 is 15.2 Å². The van der Waals surface area contributed by atoms with Crippen molar-refractivity contribution in [2.45, 2.75) is 58.9 Å².